The number of piperidine rings is 1. The number of ether oxygens (including phenoxy) is 2. The molecule has 3 rings (SSSR count). The van der Waals surface area contributed by atoms with Crippen LogP contribution >= 0.6 is 0 Å². The first-order valence-corrected chi connectivity index (χ1v) is 10.0. The molecule has 5 heteroatoms. The minimum atomic E-state index is 0.0648. The van der Waals surface area contributed by atoms with Crippen LogP contribution in [0.25, 0.3) is 0 Å². The van der Waals surface area contributed by atoms with Crippen molar-refractivity contribution in [3.8, 4) is 11.5 Å². The van der Waals surface area contributed by atoms with Gasteiger partial charge in [-0.15, -0.1) is 0 Å². The summed E-state index contributed by atoms with van der Waals surface area (Å²) in [5, 5.41) is 0. The summed E-state index contributed by atoms with van der Waals surface area (Å²) in [6, 6.07) is 16.1. The maximum Gasteiger partial charge on any atom is 0.226 e. The van der Waals surface area contributed by atoms with Crippen LogP contribution < -0.4 is 14.4 Å². The van der Waals surface area contributed by atoms with E-state index in [0.29, 0.717) is 31.1 Å². The number of amides is 1. The third kappa shape index (κ3) is 5.41. The van der Waals surface area contributed by atoms with Crippen LogP contribution in [0.5, 0.6) is 11.5 Å². The van der Waals surface area contributed by atoms with Crippen molar-refractivity contribution in [3.63, 3.8) is 0 Å². The van der Waals surface area contributed by atoms with Crippen LogP contribution in [0.3, 0.4) is 0 Å². The first kappa shape index (κ1) is 20.1. The van der Waals surface area contributed by atoms with E-state index in [-0.39, 0.29) is 5.91 Å². The second-order valence-corrected chi connectivity index (χ2v) is 7.21. The van der Waals surface area contributed by atoms with Gasteiger partial charge in [-0.1, -0.05) is 24.3 Å². The Balaban J connectivity index is 1.46. The van der Waals surface area contributed by atoms with Crippen LogP contribution in [0.2, 0.25) is 0 Å². The van der Waals surface area contributed by atoms with Crippen LogP contribution in [-0.4, -0.2) is 44.7 Å². The second-order valence-electron chi connectivity index (χ2n) is 7.21. The van der Waals surface area contributed by atoms with Crippen molar-refractivity contribution in [1.29, 1.82) is 0 Å². The van der Waals surface area contributed by atoms with E-state index in [4.69, 9.17) is 9.47 Å². The van der Waals surface area contributed by atoms with Crippen molar-refractivity contribution in [2.45, 2.75) is 32.2 Å². The molecule has 0 unspecified atom stereocenters. The van der Waals surface area contributed by atoms with Gasteiger partial charge in [0.05, 0.1) is 20.1 Å². The van der Waals surface area contributed by atoms with Gasteiger partial charge in [0.2, 0.25) is 5.91 Å². The van der Waals surface area contributed by atoms with Crippen LogP contribution in [0.1, 0.15) is 31.2 Å². The molecule has 2 aromatic rings. The SMILES string of the molecule is COc1ccccc1OCCC(=O)N(C)Cc1ccc(N2CCCCC2)cc1. The second kappa shape index (κ2) is 10.0. The number of carbonyl (C=O) groups excluding carboxylic acids is 1. The van der Waals surface area contributed by atoms with Crippen molar-refractivity contribution in [2.75, 3.05) is 38.8 Å². The molecule has 0 bridgehead atoms. The molecule has 1 aliphatic rings. The minimum absolute atomic E-state index is 0.0648. The van der Waals surface area contributed by atoms with Crippen LogP contribution in [0, 0.1) is 0 Å². The number of anilines is 1. The molecule has 0 saturated carbocycles. The molecule has 0 atom stereocenters. The fourth-order valence-electron chi connectivity index (χ4n) is 3.50. The van der Waals surface area contributed by atoms with Crippen molar-refractivity contribution >= 4 is 11.6 Å². The number of rotatable bonds is 8. The molecule has 1 amide bonds. The van der Waals surface area contributed by atoms with E-state index in [0.717, 1.165) is 18.7 Å². The molecule has 0 aliphatic carbocycles. The van der Waals surface area contributed by atoms with E-state index >= 15 is 0 Å². The zero-order valence-corrected chi connectivity index (χ0v) is 16.9. The van der Waals surface area contributed by atoms with Crippen LogP contribution in [-0.2, 0) is 11.3 Å². The Morgan fingerprint density at radius 2 is 1.68 bits per heavy atom. The predicted molar refractivity (Wildman–Crippen MR) is 112 cm³/mol. The molecule has 1 fully saturated rings. The van der Waals surface area contributed by atoms with E-state index < -0.39 is 0 Å². The quantitative estimate of drug-likeness (QED) is 0.689. The van der Waals surface area contributed by atoms with Crippen molar-refractivity contribution < 1.29 is 14.3 Å². The fraction of sp³-hybridized carbons (Fsp3) is 0.435. The minimum Gasteiger partial charge on any atom is -0.493 e. The topological polar surface area (TPSA) is 42.0 Å². The molecule has 0 aromatic heterocycles. The number of methoxy groups -OCH3 is 1. The lowest BCUT2D eigenvalue weighted by atomic mass is 10.1. The Kier molecular flexibility index (Phi) is 7.18. The van der Waals surface area contributed by atoms with Crippen molar-refractivity contribution in [3.05, 3.63) is 54.1 Å². The Morgan fingerprint density at radius 3 is 2.36 bits per heavy atom. The van der Waals surface area contributed by atoms with Crippen molar-refractivity contribution in [2.24, 2.45) is 0 Å². The van der Waals surface area contributed by atoms with Gasteiger partial charge >= 0.3 is 0 Å². The third-order valence-electron chi connectivity index (χ3n) is 5.15. The largest absolute Gasteiger partial charge is 0.493 e. The number of nitrogens with zero attached hydrogens (tertiary/aromatic N) is 2. The Bertz CT molecular complexity index is 755. The first-order chi connectivity index (χ1) is 13.7. The van der Waals surface area contributed by atoms with Gasteiger partial charge in [-0.2, -0.15) is 0 Å². The Hall–Kier alpha value is -2.69. The Morgan fingerprint density at radius 1 is 1.00 bits per heavy atom. The maximum absolute atomic E-state index is 12.4. The average Bonchev–Trinajstić information content (AvgIpc) is 2.75. The lowest BCUT2D eigenvalue weighted by Crippen LogP contribution is -2.29. The normalized spacial score (nSPS) is 13.9. The molecule has 0 radical (unpaired) electrons. The zero-order chi connectivity index (χ0) is 19.8. The molecule has 150 valence electrons. The highest BCUT2D eigenvalue weighted by atomic mass is 16.5. The number of hydrogen-bond acceptors (Lipinski definition) is 4. The number of para-hydroxylation sites is 2. The summed E-state index contributed by atoms with van der Waals surface area (Å²) in [5.74, 6) is 1.40. The summed E-state index contributed by atoms with van der Waals surface area (Å²) in [4.78, 5) is 16.6. The maximum atomic E-state index is 12.4. The average molecular weight is 383 g/mol. The van der Waals surface area contributed by atoms with E-state index in [1.165, 1.54) is 24.9 Å². The number of carbonyl (C=O) groups is 1. The number of hydrogen-bond donors (Lipinski definition) is 0. The molecule has 1 heterocycles. The van der Waals surface area contributed by atoms with Gasteiger partial charge in [-0.05, 0) is 49.1 Å². The molecular formula is C23H30N2O3. The van der Waals surface area contributed by atoms with E-state index in [1.54, 1.807) is 12.0 Å². The highest BCUT2D eigenvalue weighted by Gasteiger charge is 2.13. The molecular weight excluding hydrogens is 352 g/mol. The third-order valence-corrected chi connectivity index (χ3v) is 5.15. The van der Waals surface area contributed by atoms with Crippen molar-refractivity contribution in [1.82, 2.24) is 4.90 Å². The summed E-state index contributed by atoms with van der Waals surface area (Å²) in [6.45, 7) is 3.22. The molecule has 5 nitrogen and oxygen atoms in total. The first-order valence-electron chi connectivity index (χ1n) is 10.0. The van der Waals surface area contributed by atoms with Gasteiger partial charge in [-0.25, -0.2) is 0 Å². The van der Waals surface area contributed by atoms with Crippen LogP contribution in [0.15, 0.2) is 48.5 Å². The number of benzene rings is 2. The summed E-state index contributed by atoms with van der Waals surface area (Å²) < 4.78 is 11.0. The molecule has 1 aliphatic heterocycles. The smallest absolute Gasteiger partial charge is 0.226 e. The Labute approximate surface area is 167 Å². The lowest BCUT2D eigenvalue weighted by Gasteiger charge is -2.29. The lowest BCUT2D eigenvalue weighted by molar-refractivity contribution is -0.130. The zero-order valence-electron chi connectivity index (χ0n) is 16.9. The summed E-state index contributed by atoms with van der Waals surface area (Å²) >= 11 is 0. The summed E-state index contributed by atoms with van der Waals surface area (Å²) in [7, 11) is 3.45. The van der Waals surface area contributed by atoms with E-state index in [9.17, 15) is 4.79 Å². The molecule has 28 heavy (non-hydrogen) atoms. The molecule has 2 aromatic carbocycles. The molecule has 0 spiro atoms. The highest BCUT2D eigenvalue weighted by molar-refractivity contribution is 5.76. The summed E-state index contributed by atoms with van der Waals surface area (Å²) in [5.41, 5.74) is 2.42. The van der Waals surface area contributed by atoms with Gasteiger partial charge in [0, 0.05) is 32.4 Å². The van der Waals surface area contributed by atoms with Crippen LogP contribution in [0.4, 0.5) is 5.69 Å². The standard InChI is InChI=1S/C23H30N2O3/c1-24(23(26)14-17-28-22-9-5-4-8-21(22)27-2)18-19-10-12-20(13-11-19)25-15-6-3-7-16-25/h4-5,8-13H,3,6-7,14-18H2,1-2H3. The van der Waals surface area contributed by atoms with Gasteiger partial charge in [-0.3, -0.25) is 4.79 Å². The van der Waals surface area contributed by atoms with Gasteiger partial charge < -0.3 is 19.3 Å². The van der Waals surface area contributed by atoms with E-state index in [1.807, 2.05) is 31.3 Å². The highest BCUT2D eigenvalue weighted by Crippen LogP contribution is 2.26. The summed E-state index contributed by atoms with van der Waals surface area (Å²) in [6.07, 6.45) is 4.22. The fourth-order valence-corrected chi connectivity index (χ4v) is 3.50. The molecule has 0 N–H and O–H groups in total. The van der Waals surface area contributed by atoms with E-state index in [2.05, 4.69) is 29.2 Å². The molecule has 1 saturated heterocycles. The monoisotopic (exact) mass is 382 g/mol. The van der Waals surface area contributed by atoms with Gasteiger partial charge in [0.25, 0.3) is 0 Å². The van der Waals surface area contributed by atoms with Gasteiger partial charge in [0.15, 0.2) is 11.5 Å². The predicted octanol–water partition coefficient (Wildman–Crippen LogP) is 4.11. The van der Waals surface area contributed by atoms with Gasteiger partial charge in [0.1, 0.15) is 0 Å².